The van der Waals surface area contributed by atoms with Crippen LogP contribution < -0.4 is 9.47 Å². The number of hydrogen-bond donors (Lipinski definition) is 1. The van der Waals surface area contributed by atoms with Gasteiger partial charge >= 0.3 is 0 Å². The molecular formula is C11H11NO4. The molecule has 2 aromatic rings. The Morgan fingerprint density at radius 2 is 2.38 bits per heavy atom. The van der Waals surface area contributed by atoms with E-state index in [1.54, 1.807) is 13.0 Å². The Bertz CT molecular complexity index is 534. The SMILES string of the molecule is Cc1nc2ccc3c(c2o1)OC(CO)CO3. The standard InChI is InChI=1S/C11H11NO4/c1-6-12-8-2-3-9-11(10(8)15-6)16-7(4-13)5-14-9/h2-3,7,13H,4-5H2,1H3. The molecule has 0 fully saturated rings. The number of oxazole rings is 1. The zero-order chi connectivity index (χ0) is 11.1. The van der Waals surface area contributed by atoms with Crippen molar-refractivity contribution in [1.29, 1.82) is 0 Å². The third-order valence-electron chi connectivity index (χ3n) is 2.50. The summed E-state index contributed by atoms with van der Waals surface area (Å²) in [6.45, 7) is 2.05. The Balaban J connectivity index is 2.17. The number of aromatic nitrogens is 1. The molecule has 1 unspecified atom stereocenters. The number of nitrogens with zero attached hydrogens (tertiary/aromatic N) is 1. The van der Waals surface area contributed by atoms with Crippen LogP contribution in [0.4, 0.5) is 0 Å². The van der Waals surface area contributed by atoms with Gasteiger partial charge in [-0.15, -0.1) is 0 Å². The summed E-state index contributed by atoms with van der Waals surface area (Å²) in [7, 11) is 0. The number of ether oxygens (including phenoxy) is 2. The molecule has 0 saturated carbocycles. The Labute approximate surface area is 91.6 Å². The summed E-state index contributed by atoms with van der Waals surface area (Å²) in [4.78, 5) is 4.21. The second-order valence-electron chi connectivity index (χ2n) is 3.71. The molecule has 84 valence electrons. The topological polar surface area (TPSA) is 64.7 Å². The molecule has 0 aliphatic carbocycles. The van der Waals surface area contributed by atoms with Crippen molar-refractivity contribution >= 4 is 11.1 Å². The number of hydrogen-bond acceptors (Lipinski definition) is 5. The van der Waals surface area contributed by atoms with Gasteiger partial charge in [0.15, 0.2) is 17.7 Å². The van der Waals surface area contributed by atoms with Crippen LogP contribution in [0.5, 0.6) is 11.5 Å². The van der Waals surface area contributed by atoms with E-state index < -0.39 is 0 Å². The quantitative estimate of drug-likeness (QED) is 0.785. The molecule has 0 radical (unpaired) electrons. The zero-order valence-corrected chi connectivity index (χ0v) is 8.77. The molecular weight excluding hydrogens is 210 g/mol. The van der Waals surface area contributed by atoms with Crippen LogP contribution in [0.3, 0.4) is 0 Å². The van der Waals surface area contributed by atoms with E-state index in [1.165, 1.54) is 0 Å². The van der Waals surface area contributed by atoms with Gasteiger partial charge in [0.1, 0.15) is 12.1 Å². The number of aliphatic hydroxyl groups is 1. The highest BCUT2D eigenvalue weighted by molar-refractivity contribution is 5.82. The largest absolute Gasteiger partial charge is 0.486 e. The van der Waals surface area contributed by atoms with Gasteiger partial charge in [0, 0.05) is 6.92 Å². The molecule has 0 saturated heterocycles. The maximum Gasteiger partial charge on any atom is 0.207 e. The summed E-state index contributed by atoms with van der Waals surface area (Å²) < 4.78 is 16.5. The molecule has 5 nitrogen and oxygen atoms in total. The third kappa shape index (κ3) is 1.32. The highest BCUT2D eigenvalue weighted by Gasteiger charge is 2.24. The summed E-state index contributed by atoms with van der Waals surface area (Å²) >= 11 is 0. The van der Waals surface area contributed by atoms with Crippen LogP contribution in [0.15, 0.2) is 16.5 Å². The second kappa shape index (κ2) is 3.38. The van der Waals surface area contributed by atoms with E-state index in [0.717, 1.165) is 5.52 Å². The fourth-order valence-electron chi connectivity index (χ4n) is 1.76. The van der Waals surface area contributed by atoms with E-state index in [4.69, 9.17) is 19.0 Å². The van der Waals surface area contributed by atoms with E-state index in [1.807, 2.05) is 6.07 Å². The first kappa shape index (κ1) is 9.47. The molecule has 3 rings (SSSR count). The van der Waals surface area contributed by atoms with Crippen LogP contribution in [0.25, 0.3) is 11.1 Å². The lowest BCUT2D eigenvalue weighted by Gasteiger charge is -2.24. The molecule has 0 amide bonds. The van der Waals surface area contributed by atoms with Crippen molar-refractivity contribution in [2.24, 2.45) is 0 Å². The summed E-state index contributed by atoms with van der Waals surface area (Å²) in [5.74, 6) is 1.75. The van der Waals surface area contributed by atoms with Crippen molar-refractivity contribution in [2.45, 2.75) is 13.0 Å². The van der Waals surface area contributed by atoms with Crippen molar-refractivity contribution in [3.8, 4) is 11.5 Å². The minimum Gasteiger partial charge on any atom is -0.486 e. The van der Waals surface area contributed by atoms with Crippen LogP contribution in [-0.4, -0.2) is 29.4 Å². The Kier molecular flexibility index (Phi) is 2.00. The highest BCUT2D eigenvalue weighted by atomic mass is 16.6. The monoisotopic (exact) mass is 221 g/mol. The van der Waals surface area contributed by atoms with Crippen molar-refractivity contribution < 1.29 is 19.0 Å². The minimum atomic E-state index is -0.344. The van der Waals surface area contributed by atoms with Gasteiger partial charge in [-0.2, -0.15) is 0 Å². The van der Waals surface area contributed by atoms with Crippen molar-refractivity contribution in [1.82, 2.24) is 4.98 Å². The van der Waals surface area contributed by atoms with Crippen LogP contribution in [0.2, 0.25) is 0 Å². The Morgan fingerprint density at radius 3 is 3.19 bits per heavy atom. The van der Waals surface area contributed by atoms with Crippen molar-refractivity contribution in [2.75, 3.05) is 13.2 Å². The lowest BCUT2D eigenvalue weighted by atomic mass is 10.2. The molecule has 5 heteroatoms. The number of aryl methyl sites for hydroxylation is 1. The van der Waals surface area contributed by atoms with Gasteiger partial charge in [-0.05, 0) is 12.1 Å². The molecule has 0 spiro atoms. The smallest absolute Gasteiger partial charge is 0.207 e. The van der Waals surface area contributed by atoms with Gasteiger partial charge in [0.05, 0.1) is 6.61 Å². The first-order valence-corrected chi connectivity index (χ1v) is 5.08. The number of fused-ring (bicyclic) bond motifs is 3. The minimum absolute atomic E-state index is 0.0804. The predicted molar refractivity (Wildman–Crippen MR) is 55.7 cm³/mol. The average Bonchev–Trinajstić information content (AvgIpc) is 2.69. The summed E-state index contributed by atoms with van der Waals surface area (Å²) in [5, 5.41) is 9.04. The van der Waals surface area contributed by atoms with E-state index in [-0.39, 0.29) is 12.7 Å². The maximum atomic E-state index is 9.04. The molecule has 1 aromatic heterocycles. The lowest BCUT2D eigenvalue weighted by molar-refractivity contribution is 0.0462. The first-order chi connectivity index (χ1) is 7.78. The lowest BCUT2D eigenvalue weighted by Crippen LogP contribution is -2.32. The highest BCUT2D eigenvalue weighted by Crippen LogP contribution is 2.38. The third-order valence-corrected chi connectivity index (χ3v) is 2.50. The fourth-order valence-corrected chi connectivity index (χ4v) is 1.76. The van der Waals surface area contributed by atoms with Gasteiger partial charge in [-0.3, -0.25) is 0 Å². The molecule has 1 atom stereocenters. The van der Waals surface area contributed by atoms with Crippen molar-refractivity contribution in [3.05, 3.63) is 18.0 Å². The van der Waals surface area contributed by atoms with Gasteiger partial charge in [0.25, 0.3) is 0 Å². The average molecular weight is 221 g/mol. The molecule has 16 heavy (non-hydrogen) atoms. The van der Waals surface area contributed by atoms with Gasteiger partial charge in [0.2, 0.25) is 11.3 Å². The molecule has 0 bridgehead atoms. The number of rotatable bonds is 1. The van der Waals surface area contributed by atoms with Gasteiger partial charge < -0.3 is 19.0 Å². The fraction of sp³-hybridized carbons (Fsp3) is 0.364. The predicted octanol–water partition coefficient (Wildman–Crippen LogP) is 1.27. The first-order valence-electron chi connectivity index (χ1n) is 5.08. The second-order valence-corrected chi connectivity index (χ2v) is 3.71. The van der Waals surface area contributed by atoms with Crippen molar-refractivity contribution in [3.63, 3.8) is 0 Å². The molecule has 2 heterocycles. The van der Waals surface area contributed by atoms with Crippen LogP contribution in [-0.2, 0) is 0 Å². The summed E-state index contributed by atoms with van der Waals surface area (Å²) in [6, 6.07) is 3.63. The molecule has 1 N–H and O–H groups in total. The van der Waals surface area contributed by atoms with E-state index in [9.17, 15) is 0 Å². The number of benzene rings is 1. The van der Waals surface area contributed by atoms with E-state index in [2.05, 4.69) is 4.98 Å². The Hall–Kier alpha value is -1.75. The zero-order valence-electron chi connectivity index (χ0n) is 8.77. The molecule has 1 aliphatic rings. The number of aliphatic hydroxyl groups excluding tert-OH is 1. The molecule has 1 aliphatic heterocycles. The molecule has 1 aromatic carbocycles. The van der Waals surface area contributed by atoms with Gasteiger partial charge in [-0.1, -0.05) is 0 Å². The maximum absolute atomic E-state index is 9.04. The normalized spacial score (nSPS) is 19.0. The Morgan fingerprint density at radius 1 is 1.50 bits per heavy atom. The van der Waals surface area contributed by atoms with Crippen LogP contribution in [0, 0.1) is 6.92 Å². The van der Waals surface area contributed by atoms with Crippen LogP contribution in [0.1, 0.15) is 5.89 Å². The van der Waals surface area contributed by atoms with E-state index in [0.29, 0.717) is 29.6 Å². The van der Waals surface area contributed by atoms with Crippen LogP contribution >= 0.6 is 0 Å². The van der Waals surface area contributed by atoms with Gasteiger partial charge in [-0.25, -0.2) is 4.98 Å². The summed E-state index contributed by atoms with van der Waals surface area (Å²) in [6.07, 6.45) is -0.344. The van der Waals surface area contributed by atoms with E-state index >= 15 is 0 Å². The summed E-state index contributed by atoms with van der Waals surface area (Å²) in [5.41, 5.74) is 1.31.